The Labute approximate surface area is 187 Å². The van der Waals surface area contributed by atoms with Crippen LogP contribution in [-0.4, -0.2) is 50.1 Å². The number of nitrogens with zero attached hydrogens (tertiary/aromatic N) is 2. The lowest BCUT2D eigenvalue weighted by Crippen LogP contribution is -2.46. The van der Waals surface area contributed by atoms with Crippen LogP contribution in [-0.2, 0) is 4.79 Å². The first-order valence-corrected chi connectivity index (χ1v) is 11.7. The van der Waals surface area contributed by atoms with Gasteiger partial charge in [-0.1, -0.05) is 18.2 Å². The Morgan fingerprint density at radius 3 is 2.74 bits per heavy atom. The summed E-state index contributed by atoms with van der Waals surface area (Å²) >= 11 is 1.81. The lowest BCUT2D eigenvalue weighted by molar-refractivity contribution is -0.113. The maximum atomic E-state index is 10.9. The van der Waals surface area contributed by atoms with Crippen molar-refractivity contribution < 1.29 is 9.53 Å². The van der Waals surface area contributed by atoms with Crippen molar-refractivity contribution in [3.63, 3.8) is 0 Å². The standard InChI is InChI=1S/C25H29N3O2S/c26-25(29)10-9-20-5-3-6-21(19-20)30-17-2-1-12-27-13-15-28(16-14-27)23-7-4-8-24-22(23)11-18-31-24/h3-11,18-19H,1-2,12-17H2,(H2,26,29). The van der Waals surface area contributed by atoms with Crippen LogP contribution in [0.25, 0.3) is 16.2 Å². The number of hydrogen-bond acceptors (Lipinski definition) is 5. The van der Waals surface area contributed by atoms with Gasteiger partial charge in [0.2, 0.25) is 5.91 Å². The Balaban J connectivity index is 1.16. The van der Waals surface area contributed by atoms with Crippen LogP contribution in [0.2, 0.25) is 0 Å². The van der Waals surface area contributed by atoms with Crippen LogP contribution in [0, 0.1) is 0 Å². The number of unbranched alkanes of at least 4 members (excludes halogenated alkanes) is 1. The fourth-order valence-electron chi connectivity index (χ4n) is 3.98. The zero-order valence-electron chi connectivity index (χ0n) is 17.7. The molecule has 2 N–H and O–H groups in total. The van der Waals surface area contributed by atoms with E-state index in [4.69, 9.17) is 10.5 Å². The third-order valence-electron chi connectivity index (χ3n) is 5.62. The van der Waals surface area contributed by atoms with Crippen molar-refractivity contribution in [3.05, 3.63) is 65.6 Å². The van der Waals surface area contributed by atoms with Gasteiger partial charge in [0, 0.05) is 48.0 Å². The molecule has 6 heteroatoms. The van der Waals surface area contributed by atoms with Gasteiger partial charge in [-0.2, -0.15) is 0 Å². The van der Waals surface area contributed by atoms with Crippen molar-refractivity contribution in [3.8, 4) is 5.75 Å². The molecule has 3 aromatic rings. The minimum atomic E-state index is -0.448. The number of anilines is 1. The van der Waals surface area contributed by atoms with Gasteiger partial charge < -0.3 is 15.4 Å². The van der Waals surface area contributed by atoms with Gasteiger partial charge in [-0.25, -0.2) is 0 Å². The van der Waals surface area contributed by atoms with Crippen molar-refractivity contribution >= 4 is 39.1 Å². The fraction of sp³-hybridized carbons (Fsp3) is 0.320. The number of hydrogen-bond donors (Lipinski definition) is 1. The summed E-state index contributed by atoms with van der Waals surface area (Å²) < 4.78 is 7.24. The van der Waals surface area contributed by atoms with Gasteiger partial charge in [0.1, 0.15) is 5.75 Å². The third kappa shape index (κ3) is 5.87. The summed E-state index contributed by atoms with van der Waals surface area (Å²) in [5.41, 5.74) is 7.43. The van der Waals surface area contributed by atoms with E-state index in [1.807, 2.05) is 35.6 Å². The summed E-state index contributed by atoms with van der Waals surface area (Å²) in [5, 5.41) is 3.56. The molecule has 1 saturated heterocycles. The monoisotopic (exact) mass is 435 g/mol. The smallest absolute Gasteiger partial charge is 0.241 e. The predicted molar refractivity (Wildman–Crippen MR) is 130 cm³/mol. The van der Waals surface area contributed by atoms with Crippen molar-refractivity contribution in [2.75, 3.05) is 44.2 Å². The van der Waals surface area contributed by atoms with E-state index in [9.17, 15) is 4.79 Å². The van der Waals surface area contributed by atoms with Crippen molar-refractivity contribution in [2.24, 2.45) is 5.73 Å². The number of carbonyl (C=O) groups excluding carboxylic acids is 1. The maximum Gasteiger partial charge on any atom is 0.241 e. The Morgan fingerprint density at radius 2 is 1.90 bits per heavy atom. The number of nitrogens with two attached hydrogens (primary N) is 1. The maximum absolute atomic E-state index is 10.9. The average Bonchev–Trinajstić information content (AvgIpc) is 3.27. The first kappa shape index (κ1) is 21.4. The van der Waals surface area contributed by atoms with Gasteiger partial charge in [0.05, 0.1) is 6.61 Å². The summed E-state index contributed by atoms with van der Waals surface area (Å²) in [5.74, 6) is 0.374. The zero-order valence-corrected chi connectivity index (χ0v) is 18.5. The van der Waals surface area contributed by atoms with Crippen LogP contribution in [0.3, 0.4) is 0 Å². The second kappa shape index (κ2) is 10.5. The van der Waals surface area contributed by atoms with Gasteiger partial charge in [-0.3, -0.25) is 9.69 Å². The number of amides is 1. The summed E-state index contributed by atoms with van der Waals surface area (Å²) in [4.78, 5) is 15.9. The predicted octanol–water partition coefficient (Wildman–Crippen LogP) is 4.38. The Bertz CT molecular complexity index is 1040. The van der Waals surface area contributed by atoms with Gasteiger partial charge in [0.15, 0.2) is 0 Å². The molecule has 0 saturated carbocycles. The molecule has 4 rings (SSSR count). The molecule has 2 heterocycles. The molecule has 0 aliphatic carbocycles. The van der Waals surface area contributed by atoms with Crippen molar-refractivity contribution in [1.29, 1.82) is 0 Å². The molecule has 31 heavy (non-hydrogen) atoms. The number of thiophene rings is 1. The van der Waals surface area contributed by atoms with Gasteiger partial charge in [-0.05, 0) is 66.7 Å². The van der Waals surface area contributed by atoms with Crippen molar-refractivity contribution in [1.82, 2.24) is 4.90 Å². The summed E-state index contributed by atoms with van der Waals surface area (Å²) in [6.45, 7) is 6.18. The van der Waals surface area contributed by atoms with Crippen LogP contribution >= 0.6 is 11.3 Å². The minimum Gasteiger partial charge on any atom is -0.494 e. The number of rotatable bonds is 9. The average molecular weight is 436 g/mol. The molecule has 0 radical (unpaired) electrons. The largest absolute Gasteiger partial charge is 0.494 e. The molecule has 0 atom stereocenters. The van der Waals surface area contributed by atoms with Crippen LogP contribution in [0.1, 0.15) is 18.4 Å². The van der Waals surface area contributed by atoms with E-state index < -0.39 is 5.91 Å². The highest BCUT2D eigenvalue weighted by Crippen LogP contribution is 2.31. The molecule has 5 nitrogen and oxygen atoms in total. The number of primary amides is 1. The molecular weight excluding hydrogens is 406 g/mol. The molecule has 0 unspecified atom stereocenters. The molecular formula is C25H29N3O2S. The van der Waals surface area contributed by atoms with Crippen LogP contribution in [0.15, 0.2) is 60.0 Å². The molecule has 1 amide bonds. The Morgan fingerprint density at radius 1 is 1.06 bits per heavy atom. The summed E-state index contributed by atoms with van der Waals surface area (Å²) in [6.07, 6.45) is 5.21. The second-order valence-electron chi connectivity index (χ2n) is 7.80. The molecule has 1 fully saturated rings. The lowest BCUT2D eigenvalue weighted by Gasteiger charge is -2.36. The van der Waals surface area contributed by atoms with Crippen LogP contribution < -0.4 is 15.4 Å². The van der Waals surface area contributed by atoms with Crippen LogP contribution in [0.5, 0.6) is 5.75 Å². The van der Waals surface area contributed by atoms with Gasteiger partial charge >= 0.3 is 0 Å². The minimum absolute atomic E-state index is 0.448. The van der Waals surface area contributed by atoms with E-state index in [2.05, 4.69) is 39.4 Å². The number of ether oxygens (including phenoxy) is 1. The Hall–Kier alpha value is -2.83. The first-order chi connectivity index (χ1) is 15.2. The van der Waals surface area contributed by atoms with Gasteiger partial charge in [-0.15, -0.1) is 11.3 Å². The van der Waals surface area contributed by atoms with E-state index in [0.29, 0.717) is 6.61 Å². The van der Waals surface area contributed by atoms with E-state index in [1.165, 1.54) is 21.8 Å². The second-order valence-corrected chi connectivity index (χ2v) is 8.75. The third-order valence-corrected chi connectivity index (χ3v) is 6.50. The number of fused-ring (bicyclic) bond motifs is 1. The molecule has 162 valence electrons. The first-order valence-electron chi connectivity index (χ1n) is 10.8. The Kier molecular flexibility index (Phi) is 7.22. The SMILES string of the molecule is NC(=O)C=Cc1cccc(OCCCCN2CCN(c3cccc4sccc34)CC2)c1. The zero-order chi connectivity index (χ0) is 21.5. The quantitative estimate of drug-likeness (QED) is 0.400. The molecule has 0 bridgehead atoms. The number of piperazine rings is 1. The normalized spacial score (nSPS) is 15.0. The molecule has 1 aliphatic heterocycles. The van der Waals surface area contributed by atoms with E-state index in [0.717, 1.165) is 56.9 Å². The van der Waals surface area contributed by atoms with Crippen LogP contribution in [0.4, 0.5) is 5.69 Å². The highest BCUT2D eigenvalue weighted by molar-refractivity contribution is 7.17. The molecule has 2 aromatic carbocycles. The van der Waals surface area contributed by atoms with E-state index >= 15 is 0 Å². The van der Waals surface area contributed by atoms with E-state index in [-0.39, 0.29) is 0 Å². The topological polar surface area (TPSA) is 58.8 Å². The highest BCUT2D eigenvalue weighted by Gasteiger charge is 2.18. The molecule has 0 spiro atoms. The van der Waals surface area contributed by atoms with E-state index in [1.54, 1.807) is 6.08 Å². The van der Waals surface area contributed by atoms with Crippen molar-refractivity contribution in [2.45, 2.75) is 12.8 Å². The summed E-state index contributed by atoms with van der Waals surface area (Å²) in [6, 6.07) is 16.6. The van der Waals surface area contributed by atoms with Gasteiger partial charge in [0.25, 0.3) is 0 Å². The highest BCUT2D eigenvalue weighted by atomic mass is 32.1. The molecule has 1 aliphatic rings. The fourth-order valence-corrected chi connectivity index (χ4v) is 4.79. The summed E-state index contributed by atoms with van der Waals surface area (Å²) in [7, 11) is 0. The number of carbonyl (C=O) groups is 1. The molecule has 1 aromatic heterocycles. The number of benzene rings is 2. The lowest BCUT2D eigenvalue weighted by atomic mass is 10.2.